The molecule has 0 heterocycles. The molecule has 0 aromatic rings. The fourth-order valence-electron chi connectivity index (χ4n) is 3.42. The van der Waals surface area contributed by atoms with Gasteiger partial charge in [-0.1, -0.05) is 30.7 Å². The highest BCUT2D eigenvalue weighted by atomic mass is 16.3. The second kappa shape index (κ2) is 2.48. The molecule has 0 aliphatic heterocycles. The Morgan fingerprint density at radius 2 is 2.08 bits per heavy atom. The van der Waals surface area contributed by atoms with E-state index in [2.05, 4.69) is 24.3 Å². The van der Waals surface area contributed by atoms with Crippen LogP contribution in [0.1, 0.15) is 25.7 Å². The van der Waals surface area contributed by atoms with Gasteiger partial charge < -0.3 is 5.11 Å². The number of aliphatic hydroxyl groups is 1. The first-order valence-corrected chi connectivity index (χ1v) is 5.38. The van der Waals surface area contributed by atoms with Crippen molar-refractivity contribution in [2.45, 2.75) is 31.8 Å². The van der Waals surface area contributed by atoms with Gasteiger partial charge in [0, 0.05) is 5.41 Å². The standard InChI is InChI=1S/C12H16O/c13-11-6-2-5-9-3-1-4-10-7-8-12(9,10)11/h1,3,7-11,13H,2,4-6H2/t9-,10+,11+,12?/m0/s1. The number of hydrogen-bond acceptors (Lipinski definition) is 1. The van der Waals surface area contributed by atoms with E-state index in [1.165, 1.54) is 12.8 Å². The van der Waals surface area contributed by atoms with Gasteiger partial charge in [-0.05, 0) is 31.1 Å². The summed E-state index contributed by atoms with van der Waals surface area (Å²) in [5.74, 6) is 1.26. The highest BCUT2D eigenvalue weighted by Crippen LogP contribution is 2.57. The van der Waals surface area contributed by atoms with Crippen molar-refractivity contribution in [3.05, 3.63) is 24.3 Å². The lowest BCUT2D eigenvalue weighted by Gasteiger charge is -2.55. The summed E-state index contributed by atoms with van der Waals surface area (Å²) in [5, 5.41) is 10.1. The van der Waals surface area contributed by atoms with Gasteiger partial charge in [-0.15, -0.1) is 0 Å². The van der Waals surface area contributed by atoms with Crippen molar-refractivity contribution in [3.8, 4) is 0 Å². The molecule has 0 aromatic heterocycles. The highest BCUT2D eigenvalue weighted by Gasteiger charge is 2.53. The quantitative estimate of drug-likeness (QED) is 0.561. The van der Waals surface area contributed by atoms with E-state index in [4.69, 9.17) is 0 Å². The maximum Gasteiger partial charge on any atom is 0.0642 e. The fourth-order valence-corrected chi connectivity index (χ4v) is 3.42. The molecule has 13 heavy (non-hydrogen) atoms. The summed E-state index contributed by atoms with van der Waals surface area (Å²) in [6.07, 6.45) is 13.7. The lowest BCUT2D eigenvalue weighted by molar-refractivity contribution is -0.0510. The zero-order valence-electron chi connectivity index (χ0n) is 7.82. The zero-order valence-corrected chi connectivity index (χ0v) is 7.82. The predicted molar refractivity (Wildman–Crippen MR) is 52.2 cm³/mol. The summed E-state index contributed by atoms with van der Waals surface area (Å²) in [4.78, 5) is 0. The first-order valence-electron chi connectivity index (χ1n) is 5.38. The van der Waals surface area contributed by atoms with Crippen LogP contribution < -0.4 is 0 Å². The van der Waals surface area contributed by atoms with E-state index >= 15 is 0 Å². The Labute approximate surface area is 79.2 Å². The molecule has 0 saturated heterocycles. The van der Waals surface area contributed by atoms with E-state index in [0.29, 0.717) is 11.8 Å². The topological polar surface area (TPSA) is 20.2 Å². The molecule has 0 bridgehead atoms. The molecular formula is C12H16O. The molecule has 0 aromatic carbocycles. The summed E-state index contributed by atoms with van der Waals surface area (Å²) in [6, 6.07) is 0. The molecule has 0 amide bonds. The van der Waals surface area contributed by atoms with Gasteiger partial charge in [-0.3, -0.25) is 0 Å². The van der Waals surface area contributed by atoms with Crippen molar-refractivity contribution < 1.29 is 5.11 Å². The van der Waals surface area contributed by atoms with Crippen LogP contribution in [0.2, 0.25) is 0 Å². The molecule has 4 atom stereocenters. The van der Waals surface area contributed by atoms with Crippen LogP contribution >= 0.6 is 0 Å². The molecule has 1 N–H and O–H groups in total. The highest BCUT2D eigenvalue weighted by molar-refractivity contribution is 5.30. The van der Waals surface area contributed by atoms with Gasteiger partial charge in [0.1, 0.15) is 0 Å². The van der Waals surface area contributed by atoms with E-state index < -0.39 is 0 Å². The average Bonchev–Trinajstić information content (AvgIpc) is 2.09. The molecular weight excluding hydrogens is 160 g/mol. The Morgan fingerprint density at radius 1 is 1.15 bits per heavy atom. The largest absolute Gasteiger partial charge is 0.392 e. The van der Waals surface area contributed by atoms with Crippen LogP contribution in [0.25, 0.3) is 0 Å². The summed E-state index contributed by atoms with van der Waals surface area (Å²) in [7, 11) is 0. The minimum atomic E-state index is -0.0776. The normalized spacial score (nSPS) is 52.2. The molecule has 1 unspecified atom stereocenters. The van der Waals surface area contributed by atoms with Crippen molar-refractivity contribution >= 4 is 0 Å². The molecule has 1 spiro atoms. The van der Waals surface area contributed by atoms with Crippen LogP contribution in [0, 0.1) is 17.3 Å². The lowest BCUT2D eigenvalue weighted by atomic mass is 9.50. The van der Waals surface area contributed by atoms with Gasteiger partial charge in [-0.2, -0.15) is 0 Å². The Hall–Kier alpha value is -0.560. The molecule has 70 valence electrons. The number of allylic oxidation sites excluding steroid dienone is 3. The second-order valence-corrected chi connectivity index (χ2v) is 4.68. The van der Waals surface area contributed by atoms with Crippen molar-refractivity contribution in [3.63, 3.8) is 0 Å². The monoisotopic (exact) mass is 176 g/mol. The summed E-state index contributed by atoms with van der Waals surface area (Å²) in [5.41, 5.74) is 0.160. The Bertz CT molecular complexity index is 279. The van der Waals surface area contributed by atoms with Gasteiger partial charge in [-0.25, -0.2) is 0 Å². The smallest absolute Gasteiger partial charge is 0.0642 e. The average molecular weight is 176 g/mol. The minimum Gasteiger partial charge on any atom is -0.392 e. The van der Waals surface area contributed by atoms with Crippen LogP contribution in [0.3, 0.4) is 0 Å². The van der Waals surface area contributed by atoms with Crippen LogP contribution in [-0.2, 0) is 0 Å². The van der Waals surface area contributed by atoms with E-state index in [1.54, 1.807) is 0 Å². The van der Waals surface area contributed by atoms with Gasteiger partial charge >= 0.3 is 0 Å². The molecule has 3 aliphatic carbocycles. The van der Waals surface area contributed by atoms with E-state index in [-0.39, 0.29) is 11.5 Å². The maximum atomic E-state index is 10.1. The van der Waals surface area contributed by atoms with E-state index in [9.17, 15) is 5.11 Å². The van der Waals surface area contributed by atoms with Gasteiger partial charge in [0.15, 0.2) is 0 Å². The zero-order chi connectivity index (χ0) is 8.89. The first kappa shape index (κ1) is 7.81. The van der Waals surface area contributed by atoms with Crippen LogP contribution in [0.4, 0.5) is 0 Å². The van der Waals surface area contributed by atoms with Gasteiger partial charge in [0.2, 0.25) is 0 Å². The third-order valence-corrected chi connectivity index (χ3v) is 4.23. The third-order valence-electron chi connectivity index (χ3n) is 4.23. The summed E-state index contributed by atoms with van der Waals surface area (Å²) in [6.45, 7) is 0. The Balaban J connectivity index is 2.02. The molecule has 0 radical (unpaired) electrons. The second-order valence-electron chi connectivity index (χ2n) is 4.68. The summed E-state index contributed by atoms with van der Waals surface area (Å²) >= 11 is 0. The minimum absolute atomic E-state index is 0.0776. The van der Waals surface area contributed by atoms with Crippen LogP contribution in [0.15, 0.2) is 24.3 Å². The van der Waals surface area contributed by atoms with E-state index in [1.807, 2.05) is 0 Å². The van der Waals surface area contributed by atoms with Crippen LogP contribution in [0.5, 0.6) is 0 Å². The maximum absolute atomic E-state index is 10.1. The van der Waals surface area contributed by atoms with Crippen molar-refractivity contribution in [1.82, 2.24) is 0 Å². The van der Waals surface area contributed by atoms with Crippen molar-refractivity contribution in [2.24, 2.45) is 17.3 Å². The molecule has 3 aliphatic rings. The van der Waals surface area contributed by atoms with Crippen molar-refractivity contribution in [1.29, 1.82) is 0 Å². The number of rotatable bonds is 0. The summed E-state index contributed by atoms with van der Waals surface area (Å²) < 4.78 is 0. The van der Waals surface area contributed by atoms with Gasteiger partial charge in [0.25, 0.3) is 0 Å². The SMILES string of the molecule is O[C@@H]1CCC[C@@H]2C=CC[C@@H]3C=CC132. The molecule has 1 fully saturated rings. The molecule has 1 saturated carbocycles. The Kier molecular flexibility index (Phi) is 1.49. The van der Waals surface area contributed by atoms with Gasteiger partial charge in [0.05, 0.1) is 6.10 Å². The van der Waals surface area contributed by atoms with Crippen LogP contribution in [-0.4, -0.2) is 11.2 Å². The molecule has 3 rings (SSSR count). The molecule has 1 nitrogen and oxygen atoms in total. The number of hydrogen-bond donors (Lipinski definition) is 1. The van der Waals surface area contributed by atoms with Crippen molar-refractivity contribution in [2.75, 3.05) is 0 Å². The lowest BCUT2D eigenvalue weighted by Crippen LogP contribution is -2.53. The fraction of sp³-hybridized carbons (Fsp3) is 0.667. The predicted octanol–water partition coefficient (Wildman–Crippen LogP) is 2.28. The number of aliphatic hydroxyl groups excluding tert-OH is 1. The van der Waals surface area contributed by atoms with E-state index in [0.717, 1.165) is 12.8 Å². The first-order chi connectivity index (χ1) is 6.34. The molecule has 1 heteroatoms. The Morgan fingerprint density at radius 3 is 2.77 bits per heavy atom. The third kappa shape index (κ3) is 0.812.